The van der Waals surface area contributed by atoms with Crippen LogP contribution in [-0.2, 0) is 0 Å². The quantitative estimate of drug-likeness (QED) is 0.601. The van der Waals surface area contributed by atoms with Crippen LogP contribution in [-0.4, -0.2) is 5.78 Å². The van der Waals surface area contributed by atoms with Crippen LogP contribution in [0.2, 0.25) is 0 Å². The van der Waals surface area contributed by atoms with Crippen molar-refractivity contribution in [3.63, 3.8) is 0 Å². The molecule has 4 rings (SSSR count). The predicted octanol–water partition coefficient (Wildman–Crippen LogP) is 5.09. The minimum atomic E-state index is -0.115. The number of benzene rings is 3. The summed E-state index contributed by atoms with van der Waals surface area (Å²) in [5, 5.41) is 0. The lowest BCUT2D eigenvalue weighted by molar-refractivity contribution is 0.103. The molecule has 3 aromatic rings. The van der Waals surface area contributed by atoms with Gasteiger partial charge in [0.05, 0.1) is 5.92 Å². The van der Waals surface area contributed by atoms with Crippen molar-refractivity contribution >= 4 is 5.78 Å². The zero-order chi connectivity index (χ0) is 17.4. The highest BCUT2D eigenvalue weighted by Gasteiger charge is 2.35. The fraction of sp³-hybridized carbons (Fsp3) is 0.125. The summed E-state index contributed by atoms with van der Waals surface area (Å²) in [4.78, 5) is 12.9. The summed E-state index contributed by atoms with van der Waals surface area (Å²) < 4.78 is 0. The van der Waals surface area contributed by atoms with Crippen molar-refractivity contribution in [3.05, 3.63) is 106 Å². The summed E-state index contributed by atoms with van der Waals surface area (Å²) in [6.07, 6.45) is 6.00. The average molecular weight is 322 g/mol. The smallest absolute Gasteiger partial charge is 0.193 e. The standard InChI is InChI=1S/C24H18O/c1-3-18(17-10-8-9-16(2)15-17)23-19-11-4-6-13-21(19)24(25)22-14-7-5-12-20(22)23/h1,4-15,18,23H,2H3/t18-/m1/s1. The van der Waals surface area contributed by atoms with Crippen LogP contribution < -0.4 is 0 Å². The Labute approximate surface area is 148 Å². The predicted molar refractivity (Wildman–Crippen MR) is 101 cm³/mol. The van der Waals surface area contributed by atoms with E-state index in [-0.39, 0.29) is 17.6 Å². The van der Waals surface area contributed by atoms with Gasteiger partial charge in [-0.25, -0.2) is 0 Å². The number of aryl methyl sites for hydroxylation is 1. The molecule has 1 aliphatic carbocycles. The molecule has 1 aliphatic rings. The molecule has 0 N–H and O–H groups in total. The van der Waals surface area contributed by atoms with E-state index in [1.54, 1.807) is 0 Å². The molecule has 0 heterocycles. The molecule has 0 amide bonds. The van der Waals surface area contributed by atoms with Crippen molar-refractivity contribution in [1.82, 2.24) is 0 Å². The van der Waals surface area contributed by atoms with E-state index in [0.717, 1.165) is 27.8 Å². The van der Waals surface area contributed by atoms with Crippen LogP contribution in [0.4, 0.5) is 0 Å². The molecule has 0 fully saturated rings. The van der Waals surface area contributed by atoms with Crippen LogP contribution in [0.1, 0.15) is 50.0 Å². The molecule has 120 valence electrons. The van der Waals surface area contributed by atoms with E-state index in [0.29, 0.717) is 0 Å². The normalized spacial score (nSPS) is 14.3. The molecule has 0 spiro atoms. The molecule has 0 saturated heterocycles. The van der Waals surface area contributed by atoms with Gasteiger partial charge in [0.15, 0.2) is 5.78 Å². The van der Waals surface area contributed by atoms with Gasteiger partial charge in [-0.2, -0.15) is 0 Å². The van der Waals surface area contributed by atoms with Crippen molar-refractivity contribution in [2.24, 2.45) is 0 Å². The zero-order valence-electron chi connectivity index (χ0n) is 14.1. The van der Waals surface area contributed by atoms with E-state index in [1.807, 2.05) is 54.6 Å². The highest BCUT2D eigenvalue weighted by atomic mass is 16.1. The maximum Gasteiger partial charge on any atom is 0.193 e. The number of rotatable bonds is 2. The van der Waals surface area contributed by atoms with Gasteiger partial charge in [0, 0.05) is 17.0 Å². The van der Waals surface area contributed by atoms with E-state index >= 15 is 0 Å². The summed E-state index contributed by atoms with van der Waals surface area (Å²) in [7, 11) is 0. The molecule has 25 heavy (non-hydrogen) atoms. The second-order valence-electron chi connectivity index (χ2n) is 6.54. The van der Waals surface area contributed by atoms with Gasteiger partial charge in [0.2, 0.25) is 0 Å². The van der Waals surface area contributed by atoms with Gasteiger partial charge in [0.25, 0.3) is 0 Å². The first-order chi connectivity index (χ1) is 12.2. The molecule has 0 radical (unpaired) electrons. The highest BCUT2D eigenvalue weighted by molar-refractivity contribution is 6.12. The number of ketones is 1. The summed E-state index contributed by atoms with van der Waals surface area (Å²) >= 11 is 0. The van der Waals surface area contributed by atoms with E-state index in [1.165, 1.54) is 5.56 Å². The van der Waals surface area contributed by atoms with Gasteiger partial charge in [-0.3, -0.25) is 4.79 Å². The summed E-state index contributed by atoms with van der Waals surface area (Å²) in [5.41, 5.74) is 5.88. The molecular formula is C24H18O. The van der Waals surface area contributed by atoms with Crippen molar-refractivity contribution in [1.29, 1.82) is 0 Å². The number of carbonyl (C=O) groups excluding carboxylic acids is 1. The van der Waals surface area contributed by atoms with E-state index < -0.39 is 0 Å². The van der Waals surface area contributed by atoms with Crippen LogP contribution in [0.5, 0.6) is 0 Å². The van der Waals surface area contributed by atoms with Gasteiger partial charge >= 0.3 is 0 Å². The SMILES string of the molecule is C#C[C@H](c1cccc(C)c1)C1c2ccccc2C(=O)c2ccccc21. The lowest BCUT2D eigenvalue weighted by atomic mass is 9.70. The Morgan fingerprint density at radius 2 is 1.48 bits per heavy atom. The van der Waals surface area contributed by atoms with Gasteiger partial charge in [-0.15, -0.1) is 6.42 Å². The number of carbonyl (C=O) groups is 1. The van der Waals surface area contributed by atoms with Crippen LogP contribution >= 0.6 is 0 Å². The van der Waals surface area contributed by atoms with Crippen molar-refractivity contribution in [2.75, 3.05) is 0 Å². The van der Waals surface area contributed by atoms with Gasteiger partial charge in [0.1, 0.15) is 0 Å². The minimum Gasteiger partial charge on any atom is -0.289 e. The van der Waals surface area contributed by atoms with Gasteiger partial charge in [-0.05, 0) is 23.6 Å². The summed E-state index contributed by atoms with van der Waals surface area (Å²) in [5.74, 6) is 2.95. The first kappa shape index (κ1) is 15.4. The maximum absolute atomic E-state index is 12.9. The van der Waals surface area contributed by atoms with Crippen molar-refractivity contribution in [2.45, 2.75) is 18.8 Å². The Morgan fingerprint density at radius 3 is 2.04 bits per heavy atom. The zero-order valence-corrected chi connectivity index (χ0v) is 14.1. The van der Waals surface area contributed by atoms with E-state index in [2.05, 4.69) is 31.0 Å². The lowest BCUT2D eigenvalue weighted by Gasteiger charge is -2.31. The molecule has 1 atom stereocenters. The Balaban J connectivity index is 1.97. The topological polar surface area (TPSA) is 17.1 Å². The van der Waals surface area contributed by atoms with Gasteiger partial charge < -0.3 is 0 Å². The minimum absolute atomic E-state index is 0.0168. The van der Waals surface area contributed by atoms with Crippen molar-refractivity contribution in [3.8, 4) is 12.3 Å². The largest absolute Gasteiger partial charge is 0.289 e. The Bertz CT molecular complexity index is 957. The number of hydrogen-bond donors (Lipinski definition) is 0. The lowest BCUT2D eigenvalue weighted by Crippen LogP contribution is -2.23. The number of fused-ring (bicyclic) bond motifs is 2. The Kier molecular flexibility index (Phi) is 3.75. The van der Waals surface area contributed by atoms with Crippen LogP contribution in [0.25, 0.3) is 0 Å². The van der Waals surface area contributed by atoms with Crippen LogP contribution in [0.15, 0.2) is 72.8 Å². The van der Waals surface area contributed by atoms with Crippen LogP contribution in [0, 0.1) is 19.3 Å². The van der Waals surface area contributed by atoms with E-state index in [9.17, 15) is 4.79 Å². The molecular weight excluding hydrogens is 304 g/mol. The fourth-order valence-corrected chi connectivity index (χ4v) is 3.87. The Morgan fingerprint density at radius 1 is 0.880 bits per heavy atom. The Hall–Kier alpha value is -3.11. The number of hydrogen-bond acceptors (Lipinski definition) is 1. The highest BCUT2D eigenvalue weighted by Crippen LogP contribution is 2.44. The first-order valence-corrected chi connectivity index (χ1v) is 8.46. The van der Waals surface area contributed by atoms with Crippen molar-refractivity contribution < 1.29 is 4.79 Å². The summed E-state index contributed by atoms with van der Waals surface area (Å²) in [6.45, 7) is 2.07. The molecule has 1 nitrogen and oxygen atoms in total. The maximum atomic E-state index is 12.9. The third kappa shape index (κ3) is 2.47. The fourth-order valence-electron chi connectivity index (χ4n) is 3.87. The van der Waals surface area contributed by atoms with Gasteiger partial charge in [-0.1, -0.05) is 84.3 Å². The molecule has 0 aromatic heterocycles. The third-order valence-electron chi connectivity index (χ3n) is 5.00. The molecule has 0 bridgehead atoms. The third-order valence-corrected chi connectivity index (χ3v) is 5.00. The summed E-state index contributed by atoms with van der Waals surface area (Å²) in [6, 6.07) is 24.0. The number of terminal acetylenes is 1. The molecule has 0 aliphatic heterocycles. The molecule has 3 aromatic carbocycles. The molecule has 1 heteroatoms. The second-order valence-corrected chi connectivity index (χ2v) is 6.54. The molecule has 0 saturated carbocycles. The van der Waals surface area contributed by atoms with Crippen LogP contribution in [0.3, 0.4) is 0 Å². The monoisotopic (exact) mass is 322 g/mol. The van der Waals surface area contributed by atoms with E-state index in [4.69, 9.17) is 6.42 Å². The average Bonchev–Trinajstić information content (AvgIpc) is 2.65. The first-order valence-electron chi connectivity index (χ1n) is 8.46. The molecule has 0 unspecified atom stereocenters. The second kappa shape index (κ2) is 6.07.